The van der Waals surface area contributed by atoms with Crippen LogP contribution in [-0.2, 0) is 10.0 Å². The van der Waals surface area contributed by atoms with E-state index in [0.29, 0.717) is 24.3 Å². The van der Waals surface area contributed by atoms with E-state index in [4.69, 9.17) is 0 Å². The molecule has 0 aromatic heterocycles. The smallest absolute Gasteiger partial charge is 0.254 e. The maximum absolute atomic E-state index is 13.2. The van der Waals surface area contributed by atoms with Crippen LogP contribution in [0.3, 0.4) is 0 Å². The third-order valence-electron chi connectivity index (χ3n) is 5.68. The monoisotopic (exact) mass is 443 g/mol. The number of sulfonamides is 1. The van der Waals surface area contributed by atoms with E-state index < -0.39 is 10.0 Å². The van der Waals surface area contributed by atoms with Crippen molar-refractivity contribution in [1.29, 1.82) is 0 Å². The highest BCUT2D eigenvalue weighted by Gasteiger charge is 2.24. The number of carbonyl (C=O) groups excluding carboxylic acids is 1. The topological polar surface area (TPSA) is 85.0 Å². The van der Waals surface area contributed by atoms with Crippen LogP contribution in [0.2, 0.25) is 0 Å². The number of rotatable bonds is 5. The Balaban J connectivity index is 1.50. The molecule has 0 atom stereocenters. The van der Waals surface area contributed by atoms with Gasteiger partial charge in [-0.1, -0.05) is 18.2 Å². The Morgan fingerprint density at radius 3 is 2.23 bits per heavy atom. The minimum Gasteiger partial charge on any atom is -0.368 e. The molecule has 2 heterocycles. The van der Waals surface area contributed by atoms with Crippen LogP contribution in [0.4, 0.5) is 17.1 Å². The van der Waals surface area contributed by atoms with Crippen LogP contribution in [0.15, 0.2) is 48.5 Å². The van der Waals surface area contributed by atoms with Gasteiger partial charge in [-0.2, -0.15) is 0 Å². The van der Waals surface area contributed by atoms with Gasteiger partial charge in [-0.05, 0) is 30.3 Å². The molecule has 31 heavy (non-hydrogen) atoms. The summed E-state index contributed by atoms with van der Waals surface area (Å²) in [7, 11) is -3.47. The number of para-hydroxylation sites is 1. The predicted molar refractivity (Wildman–Crippen MR) is 125 cm³/mol. The molecule has 2 aromatic rings. The number of nitrogens with one attached hydrogen (secondary N) is 2. The number of hydrogen-bond acceptors (Lipinski definition) is 6. The average molecular weight is 444 g/mol. The highest BCUT2D eigenvalue weighted by atomic mass is 32.2. The first-order valence-corrected chi connectivity index (χ1v) is 12.5. The molecule has 0 radical (unpaired) electrons. The van der Waals surface area contributed by atoms with Crippen LogP contribution >= 0.6 is 0 Å². The molecule has 2 aliphatic heterocycles. The molecule has 9 heteroatoms. The largest absolute Gasteiger partial charge is 0.368 e. The lowest BCUT2D eigenvalue weighted by molar-refractivity contribution is 0.0747. The van der Waals surface area contributed by atoms with Crippen LogP contribution in [0, 0.1) is 0 Å². The van der Waals surface area contributed by atoms with Gasteiger partial charge in [0, 0.05) is 63.6 Å². The van der Waals surface area contributed by atoms with Crippen molar-refractivity contribution in [2.75, 3.05) is 73.1 Å². The number of hydrogen-bond donors (Lipinski definition) is 2. The van der Waals surface area contributed by atoms with Crippen LogP contribution in [0.1, 0.15) is 10.4 Å². The molecule has 8 nitrogen and oxygen atoms in total. The fourth-order valence-electron chi connectivity index (χ4n) is 4.12. The molecule has 1 amide bonds. The maximum Gasteiger partial charge on any atom is 0.254 e. The Kier molecular flexibility index (Phi) is 6.33. The van der Waals surface area contributed by atoms with E-state index >= 15 is 0 Å². The quantitative estimate of drug-likeness (QED) is 0.727. The first-order chi connectivity index (χ1) is 14.9. The van der Waals surface area contributed by atoms with Gasteiger partial charge in [0.05, 0.1) is 17.6 Å². The standard InChI is InChI=1S/C22H29N5O3S/c1-31(29,30)24-20-17-18(7-8-21(20)26-11-9-23-10-12-26)22(28)27-15-13-25(14-16-27)19-5-3-2-4-6-19/h2-8,17,23-24H,9-16H2,1H3. The second-order valence-electron chi connectivity index (χ2n) is 7.96. The zero-order valence-corrected chi connectivity index (χ0v) is 18.6. The number of carbonyl (C=O) groups is 1. The van der Waals surface area contributed by atoms with Crippen molar-refractivity contribution in [2.24, 2.45) is 0 Å². The zero-order chi connectivity index (χ0) is 21.8. The van der Waals surface area contributed by atoms with Crippen LogP contribution in [-0.4, -0.2) is 77.8 Å². The molecule has 4 rings (SSSR count). The molecular formula is C22H29N5O3S. The Hall–Kier alpha value is -2.78. The van der Waals surface area contributed by atoms with Crippen LogP contribution < -0.4 is 19.8 Å². The van der Waals surface area contributed by atoms with Gasteiger partial charge < -0.3 is 20.0 Å². The zero-order valence-electron chi connectivity index (χ0n) is 17.8. The summed E-state index contributed by atoms with van der Waals surface area (Å²) < 4.78 is 26.5. The molecular weight excluding hydrogens is 414 g/mol. The van der Waals surface area contributed by atoms with E-state index in [-0.39, 0.29) is 5.91 Å². The van der Waals surface area contributed by atoms with Gasteiger partial charge in [0.2, 0.25) is 10.0 Å². The van der Waals surface area contributed by atoms with Crippen molar-refractivity contribution >= 4 is 33.0 Å². The van der Waals surface area contributed by atoms with E-state index in [1.165, 1.54) is 0 Å². The molecule has 2 saturated heterocycles. The molecule has 0 saturated carbocycles. The number of amides is 1. The van der Waals surface area contributed by atoms with E-state index in [0.717, 1.165) is 56.9 Å². The summed E-state index contributed by atoms with van der Waals surface area (Å²) in [5.41, 5.74) is 2.92. The van der Waals surface area contributed by atoms with Crippen molar-refractivity contribution in [2.45, 2.75) is 0 Å². The number of benzene rings is 2. The summed E-state index contributed by atoms with van der Waals surface area (Å²) in [5.74, 6) is -0.0730. The maximum atomic E-state index is 13.2. The highest BCUT2D eigenvalue weighted by Crippen LogP contribution is 2.29. The number of piperazine rings is 2. The lowest BCUT2D eigenvalue weighted by atomic mass is 10.1. The third-order valence-corrected chi connectivity index (χ3v) is 6.28. The lowest BCUT2D eigenvalue weighted by Gasteiger charge is -2.36. The fourth-order valence-corrected chi connectivity index (χ4v) is 4.68. The molecule has 0 aliphatic carbocycles. The molecule has 2 N–H and O–H groups in total. The minimum atomic E-state index is -3.47. The van der Waals surface area contributed by atoms with E-state index in [9.17, 15) is 13.2 Å². The molecule has 166 valence electrons. The fraction of sp³-hybridized carbons (Fsp3) is 0.409. The van der Waals surface area contributed by atoms with Crippen molar-refractivity contribution in [3.05, 3.63) is 54.1 Å². The molecule has 2 fully saturated rings. The van der Waals surface area contributed by atoms with Gasteiger partial charge in [0.15, 0.2) is 0 Å². The van der Waals surface area contributed by atoms with Gasteiger partial charge >= 0.3 is 0 Å². The highest BCUT2D eigenvalue weighted by molar-refractivity contribution is 7.92. The Morgan fingerprint density at radius 2 is 1.58 bits per heavy atom. The number of anilines is 3. The van der Waals surface area contributed by atoms with Crippen molar-refractivity contribution in [3.8, 4) is 0 Å². The Morgan fingerprint density at radius 1 is 0.903 bits per heavy atom. The van der Waals surface area contributed by atoms with Crippen molar-refractivity contribution < 1.29 is 13.2 Å². The van der Waals surface area contributed by atoms with Crippen molar-refractivity contribution in [3.63, 3.8) is 0 Å². The lowest BCUT2D eigenvalue weighted by Crippen LogP contribution is -2.48. The Bertz CT molecular complexity index is 1010. The summed E-state index contributed by atoms with van der Waals surface area (Å²) in [5, 5.41) is 3.30. The number of nitrogens with zero attached hydrogens (tertiary/aromatic N) is 3. The molecule has 2 aromatic carbocycles. The Labute approximate surface area is 183 Å². The van der Waals surface area contributed by atoms with Crippen LogP contribution in [0.5, 0.6) is 0 Å². The SMILES string of the molecule is CS(=O)(=O)Nc1cc(C(=O)N2CCN(c3ccccc3)CC2)ccc1N1CCNCC1. The van der Waals surface area contributed by atoms with E-state index in [1.54, 1.807) is 12.1 Å². The van der Waals surface area contributed by atoms with E-state index in [1.807, 2.05) is 29.2 Å². The van der Waals surface area contributed by atoms with E-state index in [2.05, 4.69) is 32.0 Å². The average Bonchev–Trinajstić information content (AvgIpc) is 2.79. The second-order valence-corrected chi connectivity index (χ2v) is 9.71. The molecule has 0 unspecified atom stereocenters. The van der Waals surface area contributed by atoms with Gasteiger partial charge in [0.1, 0.15) is 0 Å². The predicted octanol–water partition coefficient (Wildman–Crippen LogP) is 1.43. The normalized spacial score (nSPS) is 17.5. The van der Waals surface area contributed by atoms with Gasteiger partial charge in [-0.3, -0.25) is 9.52 Å². The summed E-state index contributed by atoms with van der Waals surface area (Å²) in [6.45, 7) is 6.03. The summed E-state index contributed by atoms with van der Waals surface area (Å²) >= 11 is 0. The first-order valence-electron chi connectivity index (χ1n) is 10.6. The third kappa shape index (κ3) is 5.29. The molecule has 2 aliphatic rings. The van der Waals surface area contributed by atoms with Gasteiger partial charge in [0.25, 0.3) is 5.91 Å². The summed E-state index contributed by atoms with van der Waals surface area (Å²) in [6.07, 6.45) is 1.13. The summed E-state index contributed by atoms with van der Waals surface area (Å²) in [4.78, 5) is 19.4. The second kappa shape index (κ2) is 9.15. The van der Waals surface area contributed by atoms with Crippen molar-refractivity contribution in [1.82, 2.24) is 10.2 Å². The minimum absolute atomic E-state index is 0.0730. The molecule has 0 spiro atoms. The van der Waals surface area contributed by atoms with Crippen LogP contribution in [0.25, 0.3) is 0 Å². The van der Waals surface area contributed by atoms with Gasteiger partial charge in [-0.25, -0.2) is 8.42 Å². The molecule has 0 bridgehead atoms. The summed E-state index contributed by atoms with van der Waals surface area (Å²) in [6, 6.07) is 15.5. The first kappa shape index (κ1) is 21.5. The van der Waals surface area contributed by atoms with Gasteiger partial charge in [-0.15, -0.1) is 0 Å².